The highest BCUT2D eigenvalue weighted by atomic mass is 16.2. The molecule has 0 aromatic heterocycles. The van der Waals surface area contributed by atoms with Gasteiger partial charge in [0.25, 0.3) is 0 Å². The van der Waals surface area contributed by atoms with Gasteiger partial charge in [-0.05, 0) is 50.5 Å². The molecule has 1 rings (SSSR count). The lowest BCUT2D eigenvalue weighted by atomic mass is 9.92. The quantitative estimate of drug-likeness (QED) is 0.792. The lowest BCUT2D eigenvalue weighted by Crippen LogP contribution is -2.44. The highest BCUT2D eigenvalue weighted by molar-refractivity contribution is 5.77. The molecule has 3 nitrogen and oxygen atoms in total. The maximum atomic E-state index is 12.4. The van der Waals surface area contributed by atoms with Crippen LogP contribution in [0.1, 0.15) is 59.3 Å². The number of rotatable bonds is 6. The van der Waals surface area contributed by atoms with E-state index in [1.165, 1.54) is 19.3 Å². The highest BCUT2D eigenvalue weighted by Crippen LogP contribution is 2.23. The van der Waals surface area contributed by atoms with E-state index in [2.05, 4.69) is 25.7 Å². The average Bonchev–Trinajstić information content (AvgIpc) is 2.37. The Balaban J connectivity index is 2.51. The number of hydrogen-bond donors (Lipinski definition) is 1. The van der Waals surface area contributed by atoms with Gasteiger partial charge >= 0.3 is 0 Å². The van der Waals surface area contributed by atoms with E-state index in [4.69, 9.17) is 5.73 Å². The van der Waals surface area contributed by atoms with Crippen molar-refractivity contribution in [2.24, 2.45) is 17.6 Å². The third kappa shape index (κ3) is 4.60. The fourth-order valence-corrected chi connectivity index (χ4v) is 3.05. The Morgan fingerprint density at radius 2 is 2.11 bits per heavy atom. The number of piperidine rings is 1. The molecule has 1 amide bonds. The molecule has 0 aromatic carbocycles. The molecule has 18 heavy (non-hydrogen) atoms. The summed E-state index contributed by atoms with van der Waals surface area (Å²) >= 11 is 0. The molecule has 2 N–H and O–H groups in total. The summed E-state index contributed by atoms with van der Waals surface area (Å²) in [6, 6.07) is 0.476. The number of carbonyl (C=O) groups excluding carboxylic acids is 1. The molecule has 0 aliphatic carbocycles. The van der Waals surface area contributed by atoms with E-state index >= 15 is 0 Å². The summed E-state index contributed by atoms with van der Waals surface area (Å²) in [5.74, 6) is 1.31. The first-order valence-electron chi connectivity index (χ1n) is 7.58. The van der Waals surface area contributed by atoms with E-state index in [-0.39, 0.29) is 0 Å². The van der Waals surface area contributed by atoms with Gasteiger partial charge in [0.2, 0.25) is 5.91 Å². The summed E-state index contributed by atoms with van der Waals surface area (Å²) in [5.41, 5.74) is 5.80. The van der Waals surface area contributed by atoms with Crippen molar-refractivity contribution in [3.8, 4) is 0 Å². The maximum Gasteiger partial charge on any atom is 0.223 e. The lowest BCUT2D eigenvalue weighted by molar-refractivity contribution is -0.136. The van der Waals surface area contributed by atoms with Crippen molar-refractivity contribution in [1.29, 1.82) is 0 Å². The Hall–Kier alpha value is -0.570. The Bertz CT molecular complexity index is 253. The van der Waals surface area contributed by atoms with Gasteiger partial charge in [0, 0.05) is 19.0 Å². The number of likely N-dealkylation sites (tertiary alicyclic amines) is 1. The molecule has 0 saturated carbocycles. The molecule has 0 bridgehead atoms. The van der Waals surface area contributed by atoms with Crippen LogP contribution in [-0.4, -0.2) is 29.9 Å². The number of hydrogen-bond acceptors (Lipinski definition) is 2. The van der Waals surface area contributed by atoms with Gasteiger partial charge < -0.3 is 10.6 Å². The van der Waals surface area contributed by atoms with Crippen LogP contribution in [0.2, 0.25) is 0 Å². The van der Waals surface area contributed by atoms with Crippen LogP contribution < -0.4 is 5.73 Å². The zero-order valence-electron chi connectivity index (χ0n) is 12.3. The van der Waals surface area contributed by atoms with Gasteiger partial charge in [0.05, 0.1) is 0 Å². The fraction of sp³-hybridized carbons (Fsp3) is 0.933. The zero-order valence-corrected chi connectivity index (χ0v) is 12.3. The molecular formula is C15H30N2O. The minimum atomic E-state index is 0.331. The molecule has 0 spiro atoms. The van der Waals surface area contributed by atoms with Gasteiger partial charge in [-0.1, -0.05) is 20.8 Å². The molecule has 0 radical (unpaired) electrons. The van der Waals surface area contributed by atoms with Crippen molar-refractivity contribution >= 4 is 5.91 Å². The van der Waals surface area contributed by atoms with Crippen molar-refractivity contribution < 1.29 is 4.79 Å². The minimum Gasteiger partial charge on any atom is -0.340 e. The minimum absolute atomic E-state index is 0.331. The summed E-state index contributed by atoms with van der Waals surface area (Å²) in [6.07, 6.45) is 6.41. The van der Waals surface area contributed by atoms with E-state index < -0.39 is 0 Å². The van der Waals surface area contributed by atoms with Gasteiger partial charge in [-0.25, -0.2) is 0 Å². The molecule has 1 aliphatic heterocycles. The number of nitrogens with two attached hydrogens (primary N) is 1. The highest BCUT2D eigenvalue weighted by Gasteiger charge is 2.26. The molecule has 1 saturated heterocycles. The summed E-state index contributed by atoms with van der Waals surface area (Å²) in [4.78, 5) is 14.5. The largest absolute Gasteiger partial charge is 0.340 e. The van der Waals surface area contributed by atoms with Crippen LogP contribution in [0.4, 0.5) is 0 Å². The Morgan fingerprint density at radius 3 is 2.67 bits per heavy atom. The number of nitrogens with zero attached hydrogens (tertiary/aromatic N) is 1. The molecule has 1 aliphatic rings. The van der Waals surface area contributed by atoms with E-state index in [0.717, 1.165) is 19.4 Å². The second-order valence-corrected chi connectivity index (χ2v) is 6.08. The topological polar surface area (TPSA) is 46.3 Å². The van der Waals surface area contributed by atoms with Gasteiger partial charge in [-0.15, -0.1) is 0 Å². The third-order valence-corrected chi connectivity index (χ3v) is 4.02. The lowest BCUT2D eigenvalue weighted by Gasteiger charge is -2.36. The van der Waals surface area contributed by atoms with Crippen LogP contribution in [-0.2, 0) is 4.79 Å². The zero-order chi connectivity index (χ0) is 13.5. The van der Waals surface area contributed by atoms with Crippen molar-refractivity contribution in [2.75, 3.05) is 13.1 Å². The molecular weight excluding hydrogens is 224 g/mol. The van der Waals surface area contributed by atoms with Gasteiger partial charge in [0.15, 0.2) is 0 Å². The molecule has 106 valence electrons. The predicted molar refractivity (Wildman–Crippen MR) is 76.3 cm³/mol. The average molecular weight is 254 g/mol. The van der Waals surface area contributed by atoms with Crippen LogP contribution in [0.15, 0.2) is 0 Å². The van der Waals surface area contributed by atoms with Gasteiger partial charge in [-0.3, -0.25) is 4.79 Å². The fourth-order valence-electron chi connectivity index (χ4n) is 3.05. The molecule has 3 heteroatoms. The standard InChI is InChI=1S/C15H30N2O/c1-4-14-7-5-6-8-17(14)15(18)10-13(11-16)9-12(2)3/h12-14H,4-11,16H2,1-3H3/t13-,14?/m0/s1. The number of amides is 1. The van der Waals surface area contributed by atoms with Gasteiger partial charge in [-0.2, -0.15) is 0 Å². The van der Waals surface area contributed by atoms with E-state index in [0.29, 0.717) is 36.8 Å². The van der Waals surface area contributed by atoms with Crippen molar-refractivity contribution in [3.63, 3.8) is 0 Å². The Morgan fingerprint density at radius 1 is 1.39 bits per heavy atom. The first-order chi connectivity index (χ1) is 8.58. The second-order valence-electron chi connectivity index (χ2n) is 6.08. The Kier molecular flexibility index (Phi) is 6.69. The van der Waals surface area contributed by atoms with E-state index in [9.17, 15) is 4.79 Å². The van der Waals surface area contributed by atoms with E-state index in [1.807, 2.05) is 0 Å². The van der Waals surface area contributed by atoms with Crippen LogP contribution >= 0.6 is 0 Å². The summed E-state index contributed by atoms with van der Waals surface area (Å²) in [5, 5.41) is 0. The smallest absolute Gasteiger partial charge is 0.223 e. The Labute approximate surface area is 112 Å². The molecule has 2 atom stereocenters. The molecule has 1 fully saturated rings. The number of carbonyl (C=O) groups is 1. The molecule has 1 unspecified atom stereocenters. The first kappa shape index (κ1) is 15.5. The second kappa shape index (κ2) is 7.78. The first-order valence-corrected chi connectivity index (χ1v) is 7.58. The third-order valence-electron chi connectivity index (χ3n) is 4.02. The SMILES string of the molecule is CCC1CCCCN1C(=O)C[C@@H](CN)CC(C)C. The monoisotopic (exact) mass is 254 g/mol. The van der Waals surface area contributed by atoms with Crippen molar-refractivity contribution in [1.82, 2.24) is 4.90 Å². The van der Waals surface area contributed by atoms with Crippen LogP contribution in [0, 0.1) is 11.8 Å². The van der Waals surface area contributed by atoms with E-state index in [1.54, 1.807) is 0 Å². The summed E-state index contributed by atoms with van der Waals surface area (Å²) in [6.45, 7) is 8.17. The normalized spacial score (nSPS) is 22.3. The van der Waals surface area contributed by atoms with Crippen LogP contribution in [0.3, 0.4) is 0 Å². The summed E-state index contributed by atoms with van der Waals surface area (Å²) in [7, 11) is 0. The summed E-state index contributed by atoms with van der Waals surface area (Å²) < 4.78 is 0. The van der Waals surface area contributed by atoms with Crippen molar-refractivity contribution in [2.45, 2.75) is 65.3 Å². The van der Waals surface area contributed by atoms with Crippen LogP contribution in [0.25, 0.3) is 0 Å². The van der Waals surface area contributed by atoms with Crippen molar-refractivity contribution in [3.05, 3.63) is 0 Å². The predicted octanol–water partition coefficient (Wildman–Crippen LogP) is 2.79. The van der Waals surface area contributed by atoms with Crippen LogP contribution in [0.5, 0.6) is 0 Å². The molecule has 0 aromatic rings. The van der Waals surface area contributed by atoms with Gasteiger partial charge in [0.1, 0.15) is 0 Å². The molecule has 1 heterocycles. The maximum absolute atomic E-state index is 12.4.